The van der Waals surface area contributed by atoms with Gasteiger partial charge >= 0.3 is 0 Å². The van der Waals surface area contributed by atoms with E-state index in [4.69, 9.17) is 0 Å². The van der Waals surface area contributed by atoms with Gasteiger partial charge in [-0.2, -0.15) is 0 Å². The van der Waals surface area contributed by atoms with Crippen LogP contribution in [0.3, 0.4) is 0 Å². The average molecular weight is 1730 g/mol. The van der Waals surface area contributed by atoms with Crippen molar-refractivity contribution in [2.75, 3.05) is 0 Å². The highest BCUT2D eigenvalue weighted by Crippen LogP contribution is 2.58. The lowest BCUT2D eigenvalue weighted by atomic mass is 9.67. The van der Waals surface area contributed by atoms with Gasteiger partial charge in [0.1, 0.15) is 0 Å². The molecule has 1 aliphatic carbocycles. The van der Waals surface area contributed by atoms with Gasteiger partial charge in [-0.3, -0.25) is 0 Å². The zero-order valence-electron chi connectivity index (χ0n) is 74.7. The van der Waals surface area contributed by atoms with Crippen LogP contribution in [0.5, 0.6) is 0 Å². The lowest BCUT2D eigenvalue weighted by Gasteiger charge is -2.34. The van der Waals surface area contributed by atoms with Crippen LogP contribution >= 0.6 is 0 Å². The predicted molar refractivity (Wildman–Crippen MR) is 576 cm³/mol. The summed E-state index contributed by atoms with van der Waals surface area (Å²) < 4.78 is 7.27. The molecule has 27 rings (SSSR count). The predicted octanol–water partition coefficient (Wildman–Crippen LogP) is 35.5. The summed E-state index contributed by atoms with van der Waals surface area (Å²) in [4.78, 5) is 0. The normalized spacial score (nSPS) is 12.0. The molecule has 3 heterocycles. The quantitative estimate of drug-likeness (QED) is 0.109. The standard InChI is InChI=1S/C47H31N.C46H31N.C40H27N/c1-3-15-33(16-4-1)47(34-17-5-2-6-18-34)42-24-12-9-20-37(42)38-28-27-32(31-43(38)47)35-29-30-46(39-21-8-7-19-36(35)39)48-44-25-13-10-22-40(44)41-23-11-14-26-45(41)48;1-3-13-32(14-4-1)36-25-26-46-44(31-36)43-22-9-10-24-45(43)47(46)40-20-11-19-35(30-40)38-27-37(33-15-5-2-6-16-33)28-39(29-38)42-23-12-18-34-17-7-8-21-41(34)42;1-3-12-28(13-4-1)32-24-33(29-14-5-2-6-15-29)26-34(25-32)31-17-11-18-35(27-31)41-38-21-10-9-20-37(38)40-36-19-8-7-16-30(36)22-23-39(40)41/h1-31H;1-31H;1-27H. The maximum atomic E-state index is 2.47. The van der Waals surface area contributed by atoms with Gasteiger partial charge in [0, 0.05) is 49.1 Å². The van der Waals surface area contributed by atoms with Crippen LogP contribution in [-0.2, 0) is 5.41 Å². The van der Waals surface area contributed by atoms with Gasteiger partial charge in [0.2, 0.25) is 0 Å². The Bertz CT molecular complexity index is 8920. The Morgan fingerprint density at radius 1 is 0.140 bits per heavy atom. The van der Waals surface area contributed by atoms with E-state index in [0.717, 1.165) is 11.4 Å². The molecule has 0 atom stereocenters. The summed E-state index contributed by atoms with van der Waals surface area (Å²) in [7, 11) is 0. The van der Waals surface area contributed by atoms with Gasteiger partial charge in [-0.25, -0.2) is 0 Å². The molecule has 1 aliphatic rings. The van der Waals surface area contributed by atoms with E-state index in [1.807, 2.05) is 0 Å². The third-order valence-corrected chi connectivity index (χ3v) is 28.0. The molecule has 0 aliphatic heterocycles. The number of rotatable bonds is 13. The van der Waals surface area contributed by atoms with Crippen LogP contribution in [0.15, 0.2) is 540 Å². The first-order chi connectivity index (χ1) is 67.5. The Kier molecular flexibility index (Phi) is 20.2. The van der Waals surface area contributed by atoms with E-state index < -0.39 is 5.41 Å². The van der Waals surface area contributed by atoms with Crippen LogP contribution in [0.4, 0.5) is 0 Å². The van der Waals surface area contributed by atoms with Crippen molar-refractivity contribution >= 4 is 97.7 Å². The van der Waals surface area contributed by atoms with Crippen LogP contribution in [-0.4, -0.2) is 13.7 Å². The summed E-state index contributed by atoms with van der Waals surface area (Å²) in [6.07, 6.45) is 0. The van der Waals surface area contributed by atoms with Gasteiger partial charge in [-0.15, -0.1) is 0 Å². The van der Waals surface area contributed by atoms with Crippen molar-refractivity contribution in [2.45, 2.75) is 5.41 Å². The number of benzene rings is 23. The minimum absolute atomic E-state index is 0.427. The topological polar surface area (TPSA) is 14.8 Å². The fourth-order valence-electron chi connectivity index (χ4n) is 21.9. The number of nitrogens with zero attached hydrogens (tertiary/aromatic N) is 3. The number of fused-ring (bicyclic) bond motifs is 16. The second-order valence-corrected chi connectivity index (χ2v) is 35.6. The second-order valence-electron chi connectivity index (χ2n) is 35.6. The van der Waals surface area contributed by atoms with Gasteiger partial charge in [0.15, 0.2) is 0 Å². The van der Waals surface area contributed by atoms with Crippen molar-refractivity contribution < 1.29 is 0 Å². The Balaban J connectivity index is 0.000000109. The zero-order chi connectivity index (χ0) is 90.0. The van der Waals surface area contributed by atoms with E-state index in [9.17, 15) is 0 Å². The van der Waals surface area contributed by atoms with E-state index in [0.29, 0.717) is 0 Å². The molecule has 0 spiro atoms. The summed E-state index contributed by atoms with van der Waals surface area (Å²) in [6.45, 7) is 0. The van der Waals surface area contributed by atoms with Crippen LogP contribution in [0.2, 0.25) is 0 Å². The third kappa shape index (κ3) is 14.0. The highest BCUT2D eigenvalue weighted by atomic mass is 15.0. The minimum atomic E-state index is -0.427. The Hall–Kier alpha value is -17.8. The summed E-state index contributed by atoms with van der Waals surface area (Å²) >= 11 is 0. The Labute approximate surface area is 790 Å². The molecular formula is C133H89N3. The smallest absolute Gasteiger partial charge is 0.0713 e. The van der Waals surface area contributed by atoms with E-state index >= 15 is 0 Å². The molecule has 636 valence electrons. The first-order valence-electron chi connectivity index (χ1n) is 47.0. The second kappa shape index (κ2) is 34.2. The highest BCUT2D eigenvalue weighted by molar-refractivity contribution is 6.22. The van der Waals surface area contributed by atoms with Gasteiger partial charge in [-0.05, 0) is 265 Å². The van der Waals surface area contributed by atoms with E-state index in [1.54, 1.807) is 0 Å². The molecule has 0 amide bonds. The number of hydrogen-bond donors (Lipinski definition) is 0. The molecule has 26 aromatic rings. The molecule has 3 heteroatoms. The van der Waals surface area contributed by atoms with Crippen LogP contribution in [0.1, 0.15) is 22.3 Å². The lowest BCUT2D eigenvalue weighted by molar-refractivity contribution is 0.769. The molecule has 136 heavy (non-hydrogen) atoms. The van der Waals surface area contributed by atoms with E-state index in [-0.39, 0.29) is 0 Å². The fourth-order valence-corrected chi connectivity index (χ4v) is 21.9. The summed E-state index contributed by atoms with van der Waals surface area (Å²) in [5, 5.41) is 15.2. The molecule has 0 bridgehead atoms. The third-order valence-electron chi connectivity index (χ3n) is 28.0. The monoisotopic (exact) mass is 1730 g/mol. The van der Waals surface area contributed by atoms with Crippen LogP contribution in [0, 0.1) is 0 Å². The first-order valence-corrected chi connectivity index (χ1v) is 47.0. The summed E-state index contributed by atoms with van der Waals surface area (Å²) in [5.41, 5.74) is 37.7. The summed E-state index contributed by atoms with van der Waals surface area (Å²) in [6, 6.07) is 197. The zero-order valence-corrected chi connectivity index (χ0v) is 74.7. The van der Waals surface area contributed by atoms with Crippen molar-refractivity contribution in [1.82, 2.24) is 13.7 Å². The minimum Gasteiger partial charge on any atom is -0.309 e. The van der Waals surface area contributed by atoms with Gasteiger partial charge in [0.05, 0.1) is 44.2 Å². The van der Waals surface area contributed by atoms with Crippen molar-refractivity contribution in [3.63, 3.8) is 0 Å². The number of aromatic nitrogens is 3. The SMILES string of the molecule is c1ccc(-c2cc(-c3cccc(-n4c5ccccc5c5cc(-c6ccccc6)ccc54)c3)cc(-c3cccc4ccccc34)c2)cc1.c1ccc(-c2cc(-c3ccccc3)cc(-c3cccc(-n4c5ccccc5c5c6ccccc6ccc54)c3)c2)cc1.c1ccc(C2(c3ccccc3)c3ccccc3-c3ccc(-c4ccc(-n5c6ccccc6c6ccccc65)c5ccccc45)cc32)cc1. The van der Waals surface area contributed by atoms with Crippen molar-refractivity contribution in [1.29, 1.82) is 0 Å². The molecule has 3 aromatic heterocycles. The molecule has 0 fully saturated rings. The van der Waals surface area contributed by atoms with Crippen molar-refractivity contribution in [3.8, 4) is 117 Å². The molecule has 0 N–H and O–H groups in total. The molecular weight excluding hydrogens is 1640 g/mol. The van der Waals surface area contributed by atoms with Gasteiger partial charge in [0.25, 0.3) is 0 Å². The number of hydrogen-bond acceptors (Lipinski definition) is 0. The fraction of sp³-hybridized carbons (Fsp3) is 0.00752. The van der Waals surface area contributed by atoms with Gasteiger partial charge in [-0.1, -0.05) is 425 Å². The van der Waals surface area contributed by atoms with Crippen LogP contribution < -0.4 is 0 Å². The van der Waals surface area contributed by atoms with Gasteiger partial charge < -0.3 is 13.7 Å². The van der Waals surface area contributed by atoms with E-state index in [2.05, 4.69) is 554 Å². The van der Waals surface area contributed by atoms with Crippen molar-refractivity contribution in [3.05, 3.63) is 562 Å². The average Bonchev–Trinajstić information content (AvgIpc) is 1.53. The molecule has 3 nitrogen and oxygen atoms in total. The molecule has 0 saturated carbocycles. The molecule has 0 unspecified atom stereocenters. The number of para-hydroxylation sites is 4. The maximum Gasteiger partial charge on any atom is 0.0713 e. The Morgan fingerprint density at radius 3 is 1.04 bits per heavy atom. The first kappa shape index (κ1) is 80.3. The summed E-state index contributed by atoms with van der Waals surface area (Å²) in [5.74, 6) is 0. The van der Waals surface area contributed by atoms with Crippen LogP contribution in [0.25, 0.3) is 215 Å². The molecule has 0 radical (unpaired) electrons. The van der Waals surface area contributed by atoms with E-state index in [1.165, 1.54) is 226 Å². The highest BCUT2D eigenvalue weighted by Gasteiger charge is 2.46. The molecule has 23 aromatic carbocycles. The largest absolute Gasteiger partial charge is 0.309 e. The lowest BCUT2D eigenvalue weighted by Crippen LogP contribution is -2.28. The maximum absolute atomic E-state index is 2.47. The Morgan fingerprint density at radius 2 is 0.478 bits per heavy atom. The van der Waals surface area contributed by atoms with Crippen molar-refractivity contribution in [2.24, 2.45) is 0 Å². The molecule has 0 saturated heterocycles.